The number of nitrogens with zero attached hydrogens (tertiary/aromatic N) is 2. The molecule has 26 heavy (non-hydrogen) atoms. The van der Waals surface area contributed by atoms with Gasteiger partial charge in [0.2, 0.25) is 5.78 Å². The first-order valence-electron chi connectivity index (χ1n) is 8.43. The van der Waals surface area contributed by atoms with Gasteiger partial charge >= 0.3 is 0 Å². The van der Waals surface area contributed by atoms with E-state index in [-0.39, 0.29) is 18.2 Å². The summed E-state index contributed by atoms with van der Waals surface area (Å²) in [6.07, 6.45) is 1.49. The molecule has 2 heterocycles. The number of hydrogen-bond donors (Lipinski definition) is 0. The van der Waals surface area contributed by atoms with Crippen LogP contribution in [0.15, 0.2) is 41.0 Å². The van der Waals surface area contributed by atoms with Crippen LogP contribution in [0.1, 0.15) is 20.9 Å². The molecule has 1 amide bonds. The molecule has 1 fully saturated rings. The molecule has 0 N–H and O–H groups in total. The summed E-state index contributed by atoms with van der Waals surface area (Å²) in [5.74, 6) is 1.18. The molecule has 138 valence electrons. The molecule has 1 saturated heterocycles. The van der Waals surface area contributed by atoms with E-state index in [1.165, 1.54) is 13.4 Å². The van der Waals surface area contributed by atoms with E-state index in [2.05, 4.69) is 0 Å². The number of piperazine rings is 1. The van der Waals surface area contributed by atoms with E-state index in [0.29, 0.717) is 49.0 Å². The summed E-state index contributed by atoms with van der Waals surface area (Å²) >= 11 is 0. The molecule has 0 radical (unpaired) electrons. The summed E-state index contributed by atoms with van der Waals surface area (Å²) in [6, 6.07) is 8.62. The largest absolute Gasteiger partial charge is 0.493 e. The monoisotopic (exact) mass is 358 g/mol. The number of para-hydroxylation sites is 1. The molecule has 3 rings (SSSR count). The Bertz CT molecular complexity index is 764. The highest BCUT2D eigenvalue weighted by Crippen LogP contribution is 2.31. The number of ketones is 1. The minimum Gasteiger partial charge on any atom is -0.493 e. The molecule has 0 unspecified atom stereocenters. The Balaban J connectivity index is 1.61. The summed E-state index contributed by atoms with van der Waals surface area (Å²) in [6.45, 7) is 2.64. The van der Waals surface area contributed by atoms with Crippen molar-refractivity contribution in [2.75, 3.05) is 46.9 Å². The van der Waals surface area contributed by atoms with E-state index >= 15 is 0 Å². The topological polar surface area (TPSA) is 72.2 Å². The van der Waals surface area contributed by atoms with Gasteiger partial charge in [0, 0.05) is 26.2 Å². The van der Waals surface area contributed by atoms with Crippen molar-refractivity contribution >= 4 is 11.7 Å². The van der Waals surface area contributed by atoms with Gasteiger partial charge in [-0.2, -0.15) is 0 Å². The van der Waals surface area contributed by atoms with Crippen LogP contribution >= 0.6 is 0 Å². The van der Waals surface area contributed by atoms with Gasteiger partial charge in [-0.1, -0.05) is 6.07 Å². The van der Waals surface area contributed by atoms with Crippen LogP contribution in [0.4, 0.5) is 0 Å². The van der Waals surface area contributed by atoms with E-state index in [4.69, 9.17) is 13.9 Å². The molecule has 0 atom stereocenters. The van der Waals surface area contributed by atoms with E-state index in [0.717, 1.165) is 0 Å². The van der Waals surface area contributed by atoms with Crippen molar-refractivity contribution in [3.8, 4) is 11.5 Å². The number of furan rings is 1. The summed E-state index contributed by atoms with van der Waals surface area (Å²) in [5, 5.41) is 0. The van der Waals surface area contributed by atoms with Gasteiger partial charge in [-0.25, -0.2) is 0 Å². The van der Waals surface area contributed by atoms with Crippen molar-refractivity contribution in [1.82, 2.24) is 9.80 Å². The fraction of sp³-hybridized carbons (Fsp3) is 0.368. The number of carbonyl (C=O) groups excluding carboxylic acids is 2. The van der Waals surface area contributed by atoms with Crippen molar-refractivity contribution in [3.05, 3.63) is 47.9 Å². The predicted octanol–water partition coefficient (Wildman–Crippen LogP) is 1.94. The Morgan fingerprint density at radius 1 is 1.04 bits per heavy atom. The predicted molar refractivity (Wildman–Crippen MR) is 94.9 cm³/mol. The SMILES string of the molecule is COc1cccc(C(=O)N2CCN(CC(=O)c3ccco3)CC2)c1OC. The van der Waals surface area contributed by atoms with Gasteiger partial charge in [0.05, 0.1) is 32.6 Å². The maximum Gasteiger partial charge on any atom is 0.257 e. The molecule has 0 saturated carbocycles. The van der Waals surface area contributed by atoms with Crippen molar-refractivity contribution in [1.29, 1.82) is 0 Å². The Labute approximate surface area is 152 Å². The summed E-state index contributed by atoms with van der Waals surface area (Å²) in [4.78, 5) is 28.8. The van der Waals surface area contributed by atoms with Crippen LogP contribution in [0.25, 0.3) is 0 Å². The molecule has 0 spiro atoms. The molecule has 2 aromatic rings. The Kier molecular flexibility index (Phi) is 5.58. The highest BCUT2D eigenvalue weighted by Gasteiger charge is 2.26. The second-order valence-corrected chi connectivity index (χ2v) is 6.01. The number of ether oxygens (including phenoxy) is 2. The number of Topliss-reactive ketones (excluding diaryl/α,β-unsaturated/α-hetero) is 1. The van der Waals surface area contributed by atoms with Gasteiger partial charge in [0.1, 0.15) is 0 Å². The molecule has 1 aromatic carbocycles. The molecule has 7 heteroatoms. The first-order valence-corrected chi connectivity index (χ1v) is 8.43. The number of hydrogen-bond acceptors (Lipinski definition) is 6. The summed E-state index contributed by atoms with van der Waals surface area (Å²) in [5.41, 5.74) is 0.479. The lowest BCUT2D eigenvalue weighted by molar-refractivity contribution is 0.0617. The molecule has 0 bridgehead atoms. The lowest BCUT2D eigenvalue weighted by Crippen LogP contribution is -2.49. The highest BCUT2D eigenvalue weighted by atomic mass is 16.5. The van der Waals surface area contributed by atoms with Crippen LogP contribution in [-0.2, 0) is 0 Å². The molecular formula is C19H22N2O5. The molecule has 0 aliphatic carbocycles. The van der Waals surface area contributed by atoms with Gasteiger partial charge in [0.25, 0.3) is 5.91 Å². The zero-order chi connectivity index (χ0) is 18.5. The molecule has 1 aliphatic heterocycles. The maximum atomic E-state index is 12.9. The van der Waals surface area contributed by atoms with Crippen LogP contribution in [0, 0.1) is 0 Å². The Morgan fingerprint density at radius 3 is 2.42 bits per heavy atom. The van der Waals surface area contributed by atoms with E-state index in [1.807, 2.05) is 4.90 Å². The quantitative estimate of drug-likeness (QED) is 0.735. The van der Waals surface area contributed by atoms with Crippen LogP contribution in [0.3, 0.4) is 0 Å². The van der Waals surface area contributed by atoms with Crippen molar-refractivity contribution < 1.29 is 23.5 Å². The Hall–Kier alpha value is -2.80. The number of methoxy groups -OCH3 is 2. The first-order chi connectivity index (χ1) is 12.6. The normalized spacial score (nSPS) is 14.9. The standard InChI is InChI=1S/C19H22N2O5/c1-24-17-6-3-5-14(18(17)25-2)19(23)21-10-8-20(9-11-21)13-15(22)16-7-4-12-26-16/h3-7,12H,8-11,13H2,1-2H3. The number of carbonyl (C=O) groups is 2. The van der Waals surface area contributed by atoms with E-state index in [1.54, 1.807) is 42.3 Å². The third kappa shape index (κ3) is 3.72. The molecular weight excluding hydrogens is 336 g/mol. The minimum absolute atomic E-state index is 0.0516. The molecule has 7 nitrogen and oxygen atoms in total. The van der Waals surface area contributed by atoms with Gasteiger partial charge in [-0.05, 0) is 24.3 Å². The maximum absolute atomic E-state index is 12.9. The third-order valence-corrected chi connectivity index (χ3v) is 4.46. The summed E-state index contributed by atoms with van der Waals surface area (Å²) in [7, 11) is 3.06. The summed E-state index contributed by atoms with van der Waals surface area (Å²) < 4.78 is 15.8. The first kappa shape index (κ1) is 18.0. The average molecular weight is 358 g/mol. The van der Waals surface area contributed by atoms with Crippen molar-refractivity contribution in [3.63, 3.8) is 0 Å². The van der Waals surface area contributed by atoms with Gasteiger partial charge in [0.15, 0.2) is 17.3 Å². The lowest BCUT2D eigenvalue weighted by atomic mass is 10.1. The second kappa shape index (κ2) is 8.05. The molecule has 1 aromatic heterocycles. The smallest absolute Gasteiger partial charge is 0.257 e. The number of amides is 1. The number of benzene rings is 1. The van der Waals surface area contributed by atoms with Crippen LogP contribution in [0.2, 0.25) is 0 Å². The number of rotatable bonds is 6. The average Bonchev–Trinajstić information content (AvgIpc) is 3.22. The van der Waals surface area contributed by atoms with Crippen molar-refractivity contribution in [2.24, 2.45) is 0 Å². The third-order valence-electron chi connectivity index (χ3n) is 4.46. The minimum atomic E-state index is -0.0993. The fourth-order valence-electron chi connectivity index (χ4n) is 3.05. The van der Waals surface area contributed by atoms with Crippen molar-refractivity contribution in [2.45, 2.75) is 0 Å². The van der Waals surface area contributed by atoms with Gasteiger partial charge < -0.3 is 18.8 Å². The van der Waals surface area contributed by atoms with Gasteiger partial charge in [-0.3, -0.25) is 14.5 Å². The van der Waals surface area contributed by atoms with Crippen LogP contribution in [0.5, 0.6) is 11.5 Å². The van der Waals surface area contributed by atoms with E-state index < -0.39 is 0 Å². The Morgan fingerprint density at radius 2 is 1.81 bits per heavy atom. The van der Waals surface area contributed by atoms with Crippen LogP contribution in [-0.4, -0.2) is 68.4 Å². The second-order valence-electron chi connectivity index (χ2n) is 6.01. The highest BCUT2D eigenvalue weighted by molar-refractivity contribution is 5.98. The van der Waals surface area contributed by atoms with E-state index in [9.17, 15) is 9.59 Å². The van der Waals surface area contributed by atoms with Crippen LogP contribution < -0.4 is 9.47 Å². The molecule has 1 aliphatic rings. The zero-order valence-electron chi connectivity index (χ0n) is 14.9. The van der Waals surface area contributed by atoms with Gasteiger partial charge in [-0.15, -0.1) is 0 Å². The fourth-order valence-corrected chi connectivity index (χ4v) is 3.05. The zero-order valence-corrected chi connectivity index (χ0v) is 14.9. The lowest BCUT2D eigenvalue weighted by Gasteiger charge is -2.34.